The van der Waals surface area contributed by atoms with E-state index >= 15 is 0 Å². The van der Waals surface area contributed by atoms with Crippen LogP contribution < -0.4 is 10.6 Å². The quantitative estimate of drug-likeness (QED) is 0.708. The van der Waals surface area contributed by atoms with Gasteiger partial charge >= 0.3 is 0 Å². The van der Waals surface area contributed by atoms with Crippen LogP contribution in [-0.4, -0.2) is 29.0 Å². The number of carbonyl (C=O) groups excluding carboxylic acids is 1. The largest absolute Gasteiger partial charge is 0.352 e. The first-order chi connectivity index (χ1) is 10.8. The third-order valence-electron chi connectivity index (χ3n) is 3.92. The number of benzene rings is 1. The van der Waals surface area contributed by atoms with Crippen LogP contribution >= 0.6 is 24.8 Å². The predicted molar refractivity (Wildman–Crippen MR) is 101 cm³/mol. The van der Waals surface area contributed by atoms with Gasteiger partial charge in [0.05, 0.1) is 11.4 Å². The molecule has 0 bridgehead atoms. The number of amides is 1. The van der Waals surface area contributed by atoms with Gasteiger partial charge in [-0.2, -0.15) is 0 Å². The number of halogens is 2. The molecule has 1 amide bonds. The molecule has 24 heavy (non-hydrogen) atoms. The predicted octanol–water partition coefficient (Wildman–Crippen LogP) is 3.10. The number of hydrogen-bond donors (Lipinski definition) is 3. The first kappa shape index (κ1) is 20.5. The van der Waals surface area contributed by atoms with Crippen LogP contribution in [0.1, 0.15) is 41.5 Å². The number of H-pyrrole nitrogens is 1. The van der Waals surface area contributed by atoms with Gasteiger partial charge in [0.15, 0.2) is 0 Å². The molecule has 1 aliphatic heterocycles. The number of aromatic nitrogens is 2. The molecule has 7 heteroatoms. The lowest BCUT2D eigenvalue weighted by Gasteiger charge is -2.09. The summed E-state index contributed by atoms with van der Waals surface area (Å²) in [5, 5.41) is 6.28. The van der Waals surface area contributed by atoms with E-state index in [4.69, 9.17) is 0 Å². The molecule has 132 valence electrons. The van der Waals surface area contributed by atoms with E-state index in [1.54, 1.807) is 0 Å². The van der Waals surface area contributed by atoms with E-state index in [0.29, 0.717) is 5.56 Å². The molecule has 3 rings (SSSR count). The van der Waals surface area contributed by atoms with E-state index < -0.39 is 0 Å². The number of aromatic amines is 1. The van der Waals surface area contributed by atoms with Crippen LogP contribution in [0.15, 0.2) is 24.3 Å². The molecule has 0 unspecified atom stereocenters. The zero-order chi connectivity index (χ0) is 15.4. The van der Waals surface area contributed by atoms with Crippen LogP contribution in [0.5, 0.6) is 0 Å². The summed E-state index contributed by atoms with van der Waals surface area (Å²) in [6.07, 6.45) is 3.03. The molecule has 1 aromatic heterocycles. The Morgan fingerprint density at radius 1 is 1.33 bits per heavy atom. The molecular formula is C17H24Cl2N4O. The van der Waals surface area contributed by atoms with Crippen molar-refractivity contribution in [2.75, 3.05) is 13.1 Å². The number of carbonyl (C=O) groups is 1. The molecule has 1 aromatic carbocycles. The second-order valence-electron chi connectivity index (χ2n) is 5.63. The van der Waals surface area contributed by atoms with Crippen molar-refractivity contribution in [3.63, 3.8) is 0 Å². The summed E-state index contributed by atoms with van der Waals surface area (Å²) in [6, 6.07) is 7.64. The maximum absolute atomic E-state index is 12.1. The molecule has 0 aliphatic carbocycles. The maximum atomic E-state index is 12.1. The molecule has 0 radical (unpaired) electrons. The van der Waals surface area contributed by atoms with Crippen LogP contribution in [0.3, 0.4) is 0 Å². The smallest absolute Gasteiger partial charge is 0.251 e. The number of nitrogens with zero attached hydrogens (tertiary/aromatic N) is 1. The molecule has 0 saturated heterocycles. The fraction of sp³-hybridized carbons (Fsp3) is 0.412. The summed E-state index contributed by atoms with van der Waals surface area (Å²) in [6.45, 7) is 4.64. The van der Waals surface area contributed by atoms with Crippen molar-refractivity contribution in [3.05, 3.63) is 41.2 Å². The van der Waals surface area contributed by atoms with E-state index in [2.05, 4.69) is 27.5 Å². The number of imidazole rings is 1. The van der Waals surface area contributed by atoms with Gasteiger partial charge < -0.3 is 15.6 Å². The maximum Gasteiger partial charge on any atom is 0.251 e. The van der Waals surface area contributed by atoms with Crippen LogP contribution in [0.4, 0.5) is 0 Å². The van der Waals surface area contributed by atoms with E-state index in [1.807, 2.05) is 24.3 Å². The third kappa shape index (κ3) is 4.72. The van der Waals surface area contributed by atoms with Crippen molar-refractivity contribution in [1.29, 1.82) is 0 Å². The second kappa shape index (κ2) is 9.67. The Labute approximate surface area is 154 Å². The Kier molecular flexibility index (Phi) is 8.25. The fourth-order valence-corrected chi connectivity index (χ4v) is 2.64. The van der Waals surface area contributed by atoms with Crippen LogP contribution in [-0.2, 0) is 13.0 Å². The topological polar surface area (TPSA) is 69.8 Å². The lowest BCUT2D eigenvalue weighted by Crippen LogP contribution is -2.24. The van der Waals surface area contributed by atoms with E-state index in [1.165, 1.54) is 0 Å². The molecule has 2 aromatic rings. The van der Waals surface area contributed by atoms with Gasteiger partial charge in [-0.05, 0) is 18.6 Å². The summed E-state index contributed by atoms with van der Waals surface area (Å²) in [7, 11) is 0. The highest BCUT2D eigenvalue weighted by Gasteiger charge is 2.15. The Balaban J connectivity index is 0.00000144. The van der Waals surface area contributed by atoms with Gasteiger partial charge in [0.25, 0.3) is 5.91 Å². The molecule has 0 fully saturated rings. The van der Waals surface area contributed by atoms with Crippen molar-refractivity contribution in [2.24, 2.45) is 0 Å². The van der Waals surface area contributed by atoms with E-state index in [0.717, 1.165) is 61.7 Å². The van der Waals surface area contributed by atoms with Crippen LogP contribution in [0.25, 0.3) is 11.4 Å². The molecule has 2 heterocycles. The van der Waals surface area contributed by atoms with Crippen LogP contribution in [0, 0.1) is 0 Å². The molecular weight excluding hydrogens is 347 g/mol. The normalized spacial score (nSPS) is 12.5. The molecule has 0 saturated carbocycles. The first-order valence-electron chi connectivity index (χ1n) is 7.95. The molecule has 0 atom stereocenters. The molecule has 0 spiro atoms. The van der Waals surface area contributed by atoms with Gasteiger partial charge in [0, 0.05) is 37.2 Å². The number of nitrogens with one attached hydrogen (secondary N) is 3. The zero-order valence-corrected chi connectivity index (χ0v) is 15.4. The summed E-state index contributed by atoms with van der Waals surface area (Å²) < 4.78 is 0. The van der Waals surface area contributed by atoms with Crippen molar-refractivity contribution in [2.45, 2.75) is 32.7 Å². The Morgan fingerprint density at radius 2 is 2.17 bits per heavy atom. The zero-order valence-electron chi connectivity index (χ0n) is 13.7. The number of fused-ring (bicyclic) bond motifs is 1. The molecule has 3 N–H and O–H groups in total. The minimum absolute atomic E-state index is 0. The van der Waals surface area contributed by atoms with Gasteiger partial charge in [0.1, 0.15) is 5.82 Å². The number of unbranched alkanes of at least 4 members (excludes halogenated alkanes) is 1. The summed E-state index contributed by atoms with van der Waals surface area (Å²) in [4.78, 5) is 20.2. The minimum atomic E-state index is -0.0201. The number of rotatable bonds is 5. The lowest BCUT2D eigenvalue weighted by molar-refractivity contribution is 0.0953. The standard InChI is InChI=1S/C17H22N4O.2ClH/c1-2-3-8-19-17(22)13-6-4-5-12(10-13)16-20-14-7-9-18-11-15(14)21-16;;/h4-6,10,18H,2-3,7-9,11H2,1H3,(H,19,22)(H,20,21);2*1H. The van der Waals surface area contributed by atoms with Crippen LogP contribution in [0.2, 0.25) is 0 Å². The SMILES string of the molecule is CCCCNC(=O)c1cccc(-c2nc3c([nH]2)CNCC3)c1.Cl.Cl. The van der Waals surface area contributed by atoms with Gasteiger partial charge in [-0.25, -0.2) is 4.98 Å². The highest BCUT2D eigenvalue weighted by molar-refractivity contribution is 5.95. The van der Waals surface area contributed by atoms with Gasteiger partial charge in [-0.3, -0.25) is 4.79 Å². The number of hydrogen-bond acceptors (Lipinski definition) is 3. The first-order valence-corrected chi connectivity index (χ1v) is 7.95. The Morgan fingerprint density at radius 3 is 2.92 bits per heavy atom. The molecule has 1 aliphatic rings. The van der Waals surface area contributed by atoms with Crippen molar-refractivity contribution >= 4 is 30.7 Å². The Hall–Kier alpha value is -1.56. The van der Waals surface area contributed by atoms with Gasteiger partial charge in [-0.15, -0.1) is 24.8 Å². The van der Waals surface area contributed by atoms with Gasteiger partial charge in [0.2, 0.25) is 0 Å². The minimum Gasteiger partial charge on any atom is -0.352 e. The van der Waals surface area contributed by atoms with Gasteiger partial charge in [-0.1, -0.05) is 25.5 Å². The third-order valence-corrected chi connectivity index (χ3v) is 3.92. The fourth-order valence-electron chi connectivity index (χ4n) is 2.64. The highest BCUT2D eigenvalue weighted by atomic mass is 35.5. The monoisotopic (exact) mass is 370 g/mol. The second-order valence-corrected chi connectivity index (χ2v) is 5.63. The van der Waals surface area contributed by atoms with E-state index in [-0.39, 0.29) is 30.7 Å². The highest BCUT2D eigenvalue weighted by Crippen LogP contribution is 2.21. The van der Waals surface area contributed by atoms with Crippen molar-refractivity contribution < 1.29 is 4.79 Å². The average Bonchev–Trinajstić information content (AvgIpc) is 2.99. The molecule has 5 nitrogen and oxygen atoms in total. The van der Waals surface area contributed by atoms with Crippen molar-refractivity contribution in [3.8, 4) is 11.4 Å². The lowest BCUT2D eigenvalue weighted by atomic mass is 10.1. The summed E-state index contributed by atoms with van der Waals surface area (Å²) in [5.41, 5.74) is 3.92. The summed E-state index contributed by atoms with van der Waals surface area (Å²) >= 11 is 0. The average molecular weight is 371 g/mol. The summed E-state index contributed by atoms with van der Waals surface area (Å²) in [5.74, 6) is 0.824. The van der Waals surface area contributed by atoms with E-state index in [9.17, 15) is 4.79 Å². The van der Waals surface area contributed by atoms with Crippen molar-refractivity contribution in [1.82, 2.24) is 20.6 Å². The Bertz CT molecular complexity index is 649.